The van der Waals surface area contributed by atoms with Crippen LogP contribution in [0.15, 0.2) is 47.4 Å². The van der Waals surface area contributed by atoms with Gasteiger partial charge >= 0.3 is 6.09 Å². The molecule has 0 aromatic carbocycles. The Hall–Kier alpha value is -3.82. The normalized spacial score (nSPS) is 13.0. The number of ether oxygens (including phenoxy) is 1. The van der Waals surface area contributed by atoms with Gasteiger partial charge in [-0.1, -0.05) is 6.58 Å². The standard InChI is InChI=1S/C23H30N8O2/c1-9-24-21(17-11-26-27-12-17)29-16(5)31(22(32)33-23(6,7)8)20-10-19-18(13-25-20)28-15(4)30(19)14(2)3/h9-14H,1H2,2-8H3,(H,26,27). The fraction of sp³-hybridized carbons (Fsp3) is 0.391. The Morgan fingerprint density at radius 3 is 2.64 bits per heavy atom. The van der Waals surface area contributed by atoms with Crippen molar-refractivity contribution in [2.75, 3.05) is 4.90 Å². The molecule has 10 heteroatoms. The van der Waals surface area contributed by atoms with Gasteiger partial charge < -0.3 is 9.30 Å². The van der Waals surface area contributed by atoms with Gasteiger partial charge in [-0.25, -0.2) is 29.6 Å². The van der Waals surface area contributed by atoms with Crippen LogP contribution in [0.4, 0.5) is 10.6 Å². The van der Waals surface area contributed by atoms with Gasteiger partial charge in [0.1, 0.15) is 28.6 Å². The number of hydrogen-bond acceptors (Lipinski definition) is 6. The number of H-pyrrole nitrogens is 1. The van der Waals surface area contributed by atoms with Crippen LogP contribution in [0.25, 0.3) is 11.0 Å². The smallest absolute Gasteiger partial charge is 0.421 e. The van der Waals surface area contributed by atoms with Gasteiger partial charge in [0.2, 0.25) is 0 Å². The fourth-order valence-electron chi connectivity index (χ4n) is 3.41. The van der Waals surface area contributed by atoms with E-state index >= 15 is 0 Å². The molecule has 0 atom stereocenters. The molecule has 1 N–H and O–H groups in total. The minimum absolute atomic E-state index is 0.183. The number of aromatic nitrogens is 5. The van der Waals surface area contributed by atoms with E-state index in [9.17, 15) is 4.79 Å². The van der Waals surface area contributed by atoms with E-state index in [-0.39, 0.29) is 6.04 Å². The molecule has 1 amide bonds. The van der Waals surface area contributed by atoms with E-state index in [0.29, 0.717) is 23.1 Å². The molecule has 10 nitrogen and oxygen atoms in total. The highest BCUT2D eigenvalue weighted by Crippen LogP contribution is 2.25. The van der Waals surface area contributed by atoms with E-state index in [1.54, 1.807) is 46.3 Å². The number of fused-ring (bicyclic) bond motifs is 1. The molecule has 0 saturated carbocycles. The molecular formula is C23H30N8O2. The summed E-state index contributed by atoms with van der Waals surface area (Å²) in [5.41, 5.74) is 1.55. The number of carbonyl (C=O) groups excluding carboxylic acids is 1. The van der Waals surface area contributed by atoms with Gasteiger partial charge in [0.05, 0.1) is 23.5 Å². The molecule has 0 fully saturated rings. The van der Waals surface area contributed by atoms with E-state index in [4.69, 9.17) is 4.74 Å². The lowest BCUT2D eigenvalue weighted by atomic mass is 10.2. The third-order valence-corrected chi connectivity index (χ3v) is 4.62. The second kappa shape index (κ2) is 9.35. The van der Waals surface area contributed by atoms with Crippen LogP contribution in [0.1, 0.15) is 59.0 Å². The Labute approximate surface area is 193 Å². The first-order valence-electron chi connectivity index (χ1n) is 10.6. The van der Waals surface area contributed by atoms with Gasteiger partial charge in [-0.15, -0.1) is 0 Å². The van der Waals surface area contributed by atoms with Gasteiger partial charge in [-0.05, 0) is 48.5 Å². The number of nitrogens with one attached hydrogen (secondary N) is 1. The number of pyridine rings is 1. The van der Waals surface area contributed by atoms with E-state index < -0.39 is 11.7 Å². The lowest BCUT2D eigenvalue weighted by Gasteiger charge is -2.26. The molecule has 0 unspecified atom stereocenters. The zero-order valence-corrected chi connectivity index (χ0v) is 20.1. The van der Waals surface area contributed by atoms with Crippen molar-refractivity contribution in [3.05, 3.63) is 48.8 Å². The van der Waals surface area contributed by atoms with Crippen LogP contribution >= 0.6 is 0 Å². The first kappa shape index (κ1) is 23.8. The first-order chi connectivity index (χ1) is 15.5. The monoisotopic (exact) mass is 450 g/mol. The van der Waals surface area contributed by atoms with Crippen LogP contribution in [-0.2, 0) is 4.74 Å². The molecule has 3 aromatic heterocycles. The minimum atomic E-state index is -0.710. The summed E-state index contributed by atoms with van der Waals surface area (Å²) in [6.45, 7) is 16.9. The van der Waals surface area contributed by atoms with E-state index in [0.717, 1.165) is 16.9 Å². The van der Waals surface area contributed by atoms with Crippen LogP contribution in [0.5, 0.6) is 0 Å². The Kier molecular flexibility index (Phi) is 6.75. The SMILES string of the molecule is C=CN=C(N=C(C)N(C(=O)OC(C)(C)C)c1cc2c(cn1)nc(C)n2C(C)C)c1cn[nH]c1. The fourth-order valence-corrected chi connectivity index (χ4v) is 3.41. The van der Waals surface area contributed by atoms with Crippen molar-refractivity contribution in [3.63, 3.8) is 0 Å². The van der Waals surface area contributed by atoms with Gasteiger partial charge in [-0.3, -0.25) is 5.10 Å². The highest BCUT2D eigenvalue weighted by molar-refractivity contribution is 6.18. The number of anilines is 1. The number of carbonyl (C=O) groups is 1. The molecule has 0 bridgehead atoms. The molecule has 0 aliphatic carbocycles. The number of aryl methyl sites for hydroxylation is 1. The summed E-state index contributed by atoms with van der Waals surface area (Å²) in [7, 11) is 0. The van der Waals surface area contributed by atoms with Gasteiger partial charge in [-0.2, -0.15) is 5.10 Å². The highest BCUT2D eigenvalue weighted by Gasteiger charge is 2.28. The molecular weight excluding hydrogens is 420 g/mol. The van der Waals surface area contributed by atoms with Crippen molar-refractivity contribution in [2.45, 2.75) is 60.1 Å². The Morgan fingerprint density at radius 1 is 1.33 bits per heavy atom. The molecule has 3 heterocycles. The number of hydrogen-bond donors (Lipinski definition) is 1. The van der Waals surface area contributed by atoms with E-state index in [2.05, 4.69) is 55.1 Å². The highest BCUT2D eigenvalue weighted by atomic mass is 16.6. The molecule has 0 spiro atoms. The lowest BCUT2D eigenvalue weighted by Crippen LogP contribution is -2.40. The Bertz CT molecular complexity index is 1210. The van der Waals surface area contributed by atoms with Crippen LogP contribution in [0.2, 0.25) is 0 Å². The average molecular weight is 451 g/mol. The van der Waals surface area contributed by atoms with Crippen molar-refractivity contribution in [1.29, 1.82) is 0 Å². The summed E-state index contributed by atoms with van der Waals surface area (Å²) in [4.78, 5) is 32.5. The molecule has 0 radical (unpaired) electrons. The number of aromatic amines is 1. The van der Waals surface area contributed by atoms with Crippen LogP contribution < -0.4 is 4.90 Å². The predicted molar refractivity (Wildman–Crippen MR) is 130 cm³/mol. The first-order valence-corrected chi connectivity index (χ1v) is 10.6. The number of aliphatic imine (C=N–C) groups is 2. The molecule has 3 aromatic rings. The molecule has 33 heavy (non-hydrogen) atoms. The molecule has 0 saturated heterocycles. The van der Waals surface area contributed by atoms with Gasteiger partial charge in [0.15, 0.2) is 5.84 Å². The third kappa shape index (κ3) is 5.33. The van der Waals surface area contributed by atoms with Crippen molar-refractivity contribution >= 4 is 34.6 Å². The third-order valence-electron chi connectivity index (χ3n) is 4.62. The average Bonchev–Trinajstić information content (AvgIpc) is 3.33. The van der Waals surface area contributed by atoms with Crippen LogP contribution in [0.3, 0.4) is 0 Å². The molecule has 3 rings (SSSR count). The zero-order valence-electron chi connectivity index (χ0n) is 20.1. The molecule has 0 aliphatic heterocycles. The second-order valence-electron chi connectivity index (χ2n) is 8.75. The van der Waals surface area contributed by atoms with Crippen LogP contribution in [-0.4, -0.2) is 48.1 Å². The van der Waals surface area contributed by atoms with Crippen molar-refractivity contribution < 1.29 is 9.53 Å². The summed E-state index contributed by atoms with van der Waals surface area (Å²) < 4.78 is 7.76. The second-order valence-corrected chi connectivity index (χ2v) is 8.75. The maximum absolute atomic E-state index is 13.3. The largest absolute Gasteiger partial charge is 0.443 e. The number of rotatable bonds is 4. The van der Waals surface area contributed by atoms with Crippen LogP contribution in [0, 0.1) is 6.92 Å². The Balaban J connectivity index is 2.16. The summed E-state index contributed by atoms with van der Waals surface area (Å²) in [5.74, 6) is 1.90. The number of amidine groups is 2. The van der Waals surface area contributed by atoms with Crippen molar-refractivity contribution in [1.82, 2.24) is 24.7 Å². The zero-order chi connectivity index (χ0) is 24.3. The quantitative estimate of drug-likeness (QED) is 0.453. The predicted octanol–water partition coefficient (Wildman–Crippen LogP) is 4.79. The number of imidazole rings is 1. The van der Waals surface area contributed by atoms with E-state index in [1.165, 1.54) is 11.1 Å². The molecule has 0 aliphatic rings. The van der Waals surface area contributed by atoms with Gasteiger partial charge in [0.25, 0.3) is 0 Å². The van der Waals surface area contributed by atoms with E-state index in [1.807, 2.05) is 13.0 Å². The number of nitrogens with zero attached hydrogens (tertiary/aromatic N) is 7. The van der Waals surface area contributed by atoms with Crippen molar-refractivity contribution in [3.8, 4) is 0 Å². The number of amides is 1. The van der Waals surface area contributed by atoms with Crippen molar-refractivity contribution in [2.24, 2.45) is 9.98 Å². The Morgan fingerprint density at radius 2 is 2.06 bits per heavy atom. The maximum atomic E-state index is 13.3. The minimum Gasteiger partial charge on any atom is -0.443 e. The van der Waals surface area contributed by atoms with Gasteiger partial charge in [0, 0.05) is 24.5 Å². The summed E-state index contributed by atoms with van der Waals surface area (Å²) >= 11 is 0. The topological polar surface area (TPSA) is 114 Å². The lowest BCUT2D eigenvalue weighted by molar-refractivity contribution is 0.0603. The summed E-state index contributed by atoms with van der Waals surface area (Å²) in [6.07, 6.45) is 5.67. The molecule has 174 valence electrons. The maximum Gasteiger partial charge on any atom is 0.421 e. The summed E-state index contributed by atoms with van der Waals surface area (Å²) in [6, 6.07) is 2.00. The summed E-state index contributed by atoms with van der Waals surface area (Å²) in [5, 5.41) is 6.68.